The topological polar surface area (TPSA) is 116 Å². The van der Waals surface area contributed by atoms with Crippen LogP contribution in [0.2, 0.25) is 0 Å². The fourth-order valence-electron chi connectivity index (χ4n) is 2.38. The van der Waals surface area contributed by atoms with Crippen molar-refractivity contribution >= 4 is 20.7 Å². The summed E-state index contributed by atoms with van der Waals surface area (Å²) >= 11 is 0. The molecule has 0 heterocycles. The minimum absolute atomic E-state index is 0.324. The van der Waals surface area contributed by atoms with Gasteiger partial charge in [0.15, 0.2) is 0 Å². The molecule has 0 aromatic heterocycles. The van der Waals surface area contributed by atoms with E-state index in [9.17, 15) is 23.8 Å². The van der Waals surface area contributed by atoms with E-state index in [1.807, 2.05) is 0 Å². The molecule has 1 aromatic carbocycles. The average Bonchev–Trinajstić information content (AvgIpc) is 2.50. The van der Waals surface area contributed by atoms with Crippen LogP contribution >= 0.6 is 15.0 Å². The molecule has 4 N–H and O–H groups in total. The van der Waals surface area contributed by atoms with E-state index >= 15 is 0 Å². The summed E-state index contributed by atoms with van der Waals surface area (Å²) in [5.74, 6) is 0.548. The molecule has 144 valence electrons. The summed E-state index contributed by atoms with van der Waals surface area (Å²) in [5.41, 5.74) is -1.52. The molecule has 1 aromatic rings. The maximum atomic E-state index is 11.7. The van der Waals surface area contributed by atoms with Gasteiger partial charge in [0, 0.05) is 18.4 Å². The third-order valence-corrected chi connectivity index (χ3v) is 7.66. The van der Waals surface area contributed by atoms with Gasteiger partial charge in [0.25, 0.3) is 0 Å². The van der Waals surface area contributed by atoms with Crippen molar-refractivity contribution in [1.82, 2.24) is 0 Å². The van der Waals surface area contributed by atoms with Crippen molar-refractivity contribution < 1.29 is 28.5 Å². The third kappa shape index (κ3) is 8.89. The van der Waals surface area contributed by atoms with Gasteiger partial charge < -0.3 is 24.7 Å². The van der Waals surface area contributed by atoms with Gasteiger partial charge in [-0.05, 0) is 18.6 Å². The van der Waals surface area contributed by atoms with Crippen LogP contribution in [0.3, 0.4) is 0 Å². The lowest BCUT2D eigenvalue weighted by Gasteiger charge is -2.23. The number of benzene rings is 1. The number of hydrogen-bond acceptors (Lipinski definition) is 4. The highest BCUT2D eigenvalue weighted by Crippen LogP contribution is 2.59. The van der Waals surface area contributed by atoms with Crippen LogP contribution in [0.15, 0.2) is 24.3 Å². The molecular weight excluding hydrogens is 364 g/mol. The summed E-state index contributed by atoms with van der Waals surface area (Å²) < 4.78 is 28.8. The normalized spacial score (nSPS) is 15.4. The molecular formula is C16H29NO6P2. The second-order valence-corrected chi connectivity index (χ2v) is 10.7. The van der Waals surface area contributed by atoms with E-state index in [1.54, 1.807) is 24.3 Å². The SMILES string of the molecule is CCCCCCCCOc1cccc(NC(P(C)(=O)O)P(=O)(O)O)c1. The van der Waals surface area contributed by atoms with Crippen LogP contribution in [0.5, 0.6) is 5.75 Å². The molecule has 0 spiro atoms. The van der Waals surface area contributed by atoms with E-state index < -0.39 is 20.5 Å². The zero-order valence-electron chi connectivity index (χ0n) is 14.8. The van der Waals surface area contributed by atoms with Crippen LogP contribution in [0.25, 0.3) is 0 Å². The van der Waals surface area contributed by atoms with Crippen LogP contribution in [0.4, 0.5) is 5.69 Å². The molecule has 1 rings (SSSR count). The van der Waals surface area contributed by atoms with Gasteiger partial charge in [-0.2, -0.15) is 0 Å². The van der Waals surface area contributed by atoms with Crippen molar-refractivity contribution in [2.45, 2.75) is 51.0 Å². The van der Waals surface area contributed by atoms with E-state index in [-0.39, 0.29) is 0 Å². The van der Waals surface area contributed by atoms with Gasteiger partial charge in [-0.3, -0.25) is 9.13 Å². The quantitative estimate of drug-likeness (QED) is 0.311. The van der Waals surface area contributed by atoms with Gasteiger partial charge in [0.1, 0.15) is 5.75 Å². The smallest absolute Gasteiger partial charge is 0.357 e. The number of rotatable bonds is 12. The second kappa shape index (κ2) is 10.3. The molecule has 25 heavy (non-hydrogen) atoms. The Morgan fingerprint density at radius 2 is 1.72 bits per heavy atom. The summed E-state index contributed by atoms with van der Waals surface area (Å²) in [5, 5.41) is 2.47. The minimum atomic E-state index is -4.78. The summed E-state index contributed by atoms with van der Waals surface area (Å²) in [6, 6.07) is 6.53. The Hall–Kier alpha value is -0.840. The molecule has 0 fully saturated rings. The Balaban J connectivity index is 2.57. The molecule has 2 atom stereocenters. The van der Waals surface area contributed by atoms with Gasteiger partial charge in [0.2, 0.25) is 12.9 Å². The van der Waals surface area contributed by atoms with Crippen LogP contribution in [-0.2, 0) is 9.13 Å². The van der Waals surface area contributed by atoms with Gasteiger partial charge >= 0.3 is 7.60 Å². The monoisotopic (exact) mass is 393 g/mol. The average molecular weight is 393 g/mol. The van der Waals surface area contributed by atoms with Crippen LogP contribution in [0, 0.1) is 0 Å². The van der Waals surface area contributed by atoms with Crippen LogP contribution in [-0.4, -0.2) is 33.5 Å². The van der Waals surface area contributed by atoms with E-state index in [0.717, 1.165) is 19.5 Å². The summed E-state index contributed by atoms with van der Waals surface area (Å²) in [6.07, 6.45) is 6.92. The summed E-state index contributed by atoms with van der Waals surface area (Å²) in [4.78, 5) is 28.2. The second-order valence-electron chi connectivity index (χ2n) is 6.19. The van der Waals surface area contributed by atoms with Crippen LogP contribution < -0.4 is 10.1 Å². The van der Waals surface area contributed by atoms with E-state index in [4.69, 9.17) is 4.74 Å². The highest BCUT2D eigenvalue weighted by Gasteiger charge is 2.40. The Labute approximate surface area is 149 Å². The lowest BCUT2D eigenvalue weighted by Crippen LogP contribution is -2.19. The Kier molecular flexibility index (Phi) is 9.19. The first kappa shape index (κ1) is 22.2. The van der Waals surface area contributed by atoms with Gasteiger partial charge in [0.05, 0.1) is 6.61 Å². The first-order chi connectivity index (χ1) is 11.6. The molecule has 0 radical (unpaired) electrons. The Morgan fingerprint density at radius 3 is 2.32 bits per heavy atom. The highest BCUT2D eigenvalue weighted by molar-refractivity contribution is 7.73. The fourth-order valence-corrected chi connectivity index (χ4v) is 5.32. The van der Waals surface area contributed by atoms with Crippen molar-refractivity contribution in [1.29, 1.82) is 0 Å². The maximum absolute atomic E-state index is 11.7. The summed E-state index contributed by atoms with van der Waals surface area (Å²) in [6.45, 7) is 3.65. The van der Waals surface area contributed by atoms with Crippen LogP contribution in [0.1, 0.15) is 45.4 Å². The lowest BCUT2D eigenvalue weighted by atomic mass is 10.1. The lowest BCUT2D eigenvalue weighted by molar-refractivity contribution is 0.304. The number of hydrogen-bond donors (Lipinski definition) is 4. The Bertz CT molecular complexity index is 590. The summed E-state index contributed by atoms with van der Waals surface area (Å²) in [7, 11) is -8.82. The molecule has 0 aliphatic carbocycles. The predicted octanol–water partition coefficient (Wildman–Crippen LogP) is 4.20. The zero-order valence-corrected chi connectivity index (χ0v) is 16.6. The molecule has 7 nitrogen and oxygen atoms in total. The molecule has 9 heteroatoms. The van der Waals surface area contributed by atoms with Crippen molar-refractivity contribution in [3.8, 4) is 5.75 Å². The largest absolute Gasteiger partial charge is 0.494 e. The van der Waals surface area contributed by atoms with Gasteiger partial charge in [-0.15, -0.1) is 0 Å². The molecule has 0 saturated carbocycles. The van der Waals surface area contributed by atoms with Gasteiger partial charge in [-0.1, -0.05) is 45.1 Å². The number of unbranched alkanes of at least 4 members (excludes halogenated alkanes) is 5. The maximum Gasteiger partial charge on any atom is 0.357 e. The van der Waals surface area contributed by atoms with Crippen molar-refractivity contribution in [3.05, 3.63) is 24.3 Å². The molecule has 0 aliphatic rings. The Morgan fingerprint density at radius 1 is 1.08 bits per heavy atom. The molecule has 0 amide bonds. The van der Waals surface area contributed by atoms with Gasteiger partial charge in [-0.25, -0.2) is 0 Å². The number of anilines is 1. The molecule has 2 unspecified atom stereocenters. The predicted molar refractivity (Wildman–Crippen MR) is 101 cm³/mol. The van der Waals surface area contributed by atoms with Crippen molar-refractivity contribution in [2.75, 3.05) is 18.6 Å². The van der Waals surface area contributed by atoms with Crippen molar-refractivity contribution in [3.63, 3.8) is 0 Å². The fraction of sp³-hybridized carbons (Fsp3) is 0.625. The first-order valence-electron chi connectivity index (χ1n) is 8.49. The van der Waals surface area contributed by atoms with E-state index in [0.29, 0.717) is 18.0 Å². The molecule has 0 bridgehead atoms. The van der Waals surface area contributed by atoms with E-state index in [1.165, 1.54) is 25.7 Å². The first-order valence-corrected chi connectivity index (χ1v) is 12.3. The molecule has 0 saturated heterocycles. The highest BCUT2D eigenvalue weighted by atomic mass is 31.2. The van der Waals surface area contributed by atoms with E-state index in [2.05, 4.69) is 12.2 Å². The molecule has 0 aliphatic heterocycles. The number of nitrogens with one attached hydrogen (secondary N) is 1. The zero-order chi connectivity index (χ0) is 18.9. The number of ether oxygens (including phenoxy) is 1. The van der Waals surface area contributed by atoms with Crippen molar-refractivity contribution in [2.24, 2.45) is 0 Å². The third-order valence-electron chi connectivity index (χ3n) is 3.67. The standard InChI is InChI=1S/C16H29NO6P2/c1-3-4-5-6-7-8-12-23-15-11-9-10-14(13-15)17-16(24(2,18)19)25(20,21)22/h9-11,13,16-17H,3-8,12H2,1-2H3,(H,18,19)(H2,20,21,22). The minimum Gasteiger partial charge on any atom is -0.494 e.